The third-order valence-electron chi connectivity index (χ3n) is 2.44. The van der Waals surface area contributed by atoms with Crippen LogP contribution in [0.1, 0.15) is 33.6 Å². The Balaban J connectivity index is 4.10. The molecule has 0 N–H and O–H groups in total. The summed E-state index contributed by atoms with van der Waals surface area (Å²) in [6.45, 7) is 15.4. The summed E-state index contributed by atoms with van der Waals surface area (Å²) in [6, 6.07) is 0.515. The second-order valence-corrected chi connectivity index (χ2v) is 3.93. The zero-order valence-electron chi connectivity index (χ0n) is 9.56. The van der Waals surface area contributed by atoms with Gasteiger partial charge >= 0.3 is 0 Å². The van der Waals surface area contributed by atoms with Gasteiger partial charge in [0, 0.05) is 6.04 Å². The van der Waals surface area contributed by atoms with E-state index in [2.05, 4.69) is 45.9 Å². The predicted molar refractivity (Wildman–Crippen MR) is 61.0 cm³/mol. The average Bonchev–Trinajstić information content (AvgIpc) is 2.03. The van der Waals surface area contributed by atoms with Crippen LogP contribution in [0, 0.1) is 0 Å². The zero-order valence-corrected chi connectivity index (χ0v) is 9.56. The maximum atomic E-state index is 4.03. The predicted octanol–water partition coefficient (Wildman–Crippen LogP) is 3.24. The van der Waals surface area contributed by atoms with Crippen molar-refractivity contribution in [2.24, 2.45) is 0 Å². The molecule has 0 saturated heterocycles. The number of likely N-dealkylation sites (N-methyl/N-ethyl adjacent to an activating group) is 1. The minimum Gasteiger partial charge on any atom is -0.300 e. The molecule has 0 amide bonds. The summed E-state index contributed by atoms with van der Waals surface area (Å²) in [7, 11) is 2.15. The SMILES string of the molecule is C=C(C)CCC(C(=C)C)N(C)CC. The molecule has 1 nitrogen and oxygen atoms in total. The van der Waals surface area contributed by atoms with Crippen LogP contribution >= 0.6 is 0 Å². The van der Waals surface area contributed by atoms with E-state index in [1.807, 2.05) is 0 Å². The Morgan fingerprint density at radius 3 is 2.15 bits per heavy atom. The van der Waals surface area contributed by atoms with Crippen LogP contribution in [-0.2, 0) is 0 Å². The molecule has 0 aliphatic carbocycles. The van der Waals surface area contributed by atoms with Gasteiger partial charge in [-0.1, -0.05) is 24.6 Å². The van der Waals surface area contributed by atoms with Gasteiger partial charge in [0.2, 0.25) is 0 Å². The monoisotopic (exact) mass is 181 g/mol. The molecule has 13 heavy (non-hydrogen) atoms. The van der Waals surface area contributed by atoms with Crippen LogP contribution in [0.5, 0.6) is 0 Å². The summed E-state index contributed by atoms with van der Waals surface area (Å²) in [5.74, 6) is 0. The highest BCUT2D eigenvalue weighted by molar-refractivity contribution is 5.03. The average molecular weight is 181 g/mol. The van der Waals surface area contributed by atoms with Crippen molar-refractivity contribution in [2.75, 3.05) is 13.6 Å². The molecule has 0 heterocycles. The molecular weight excluding hydrogens is 158 g/mol. The highest BCUT2D eigenvalue weighted by Gasteiger charge is 2.13. The van der Waals surface area contributed by atoms with Crippen LogP contribution in [0.4, 0.5) is 0 Å². The van der Waals surface area contributed by atoms with Crippen molar-refractivity contribution in [2.45, 2.75) is 39.7 Å². The van der Waals surface area contributed by atoms with Gasteiger partial charge < -0.3 is 0 Å². The summed E-state index contributed by atoms with van der Waals surface area (Å²) in [5.41, 5.74) is 2.52. The molecule has 0 rings (SSSR count). The Bertz CT molecular complexity index is 182. The Morgan fingerprint density at radius 1 is 1.31 bits per heavy atom. The first-order chi connectivity index (χ1) is 5.99. The van der Waals surface area contributed by atoms with Gasteiger partial charge in [-0.3, -0.25) is 4.90 Å². The Labute approximate surface area is 83.1 Å². The molecule has 76 valence electrons. The van der Waals surface area contributed by atoms with E-state index >= 15 is 0 Å². The fraction of sp³-hybridized carbons (Fsp3) is 0.667. The van der Waals surface area contributed by atoms with Gasteiger partial charge in [-0.05, 0) is 40.3 Å². The van der Waals surface area contributed by atoms with Crippen LogP contribution in [-0.4, -0.2) is 24.5 Å². The van der Waals surface area contributed by atoms with Crippen molar-refractivity contribution in [3.8, 4) is 0 Å². The Kier molecular flexibility index (Phi) is 5.72. The molecule has 0 aromatic heterocycles. The molecule has 1 unspecified atom stereocenters. The minimum absolute atomic E-state index is 0.515. The van der Waals surface area contributed by atoms with E-state index < -0.39 is 0 Å². The molecule has 0 aliphatic rings. The molecule has 0 saturated carbocycles. The van der Waals surface area contributed by atoms with Gasteiger partial charge in [-0.15, -0.1) is 6.58 Å². The second kappa shape index (κ2) is 5.98. The zero-order chi connectivity index (χ0) is 10.4. The Morgan fingerprint density at radius 2 is 1.85 bits per heavy atom. The molecule has 0 radical (unpaired) electrons. The normalized spacial score (nSPS) is 13.0. The molecule has 0 spiro atoms. The first kappa shape index (κ1) is 12.4. The number of hydrogen-bond acceptors (Lipinski definition) is 1. The van der Waals surface area contributed by atoms with E-state index in [4.69, 9.17) is 0 Å². The van der Waals surface area contributed by atoms with Gasteiger partial charge in [0.1, 0.15) is 0 Å². The summed E-state index contributed by atoms with van der Waals surface area (Å²) in [5, 5.41) is 0. The van der Waals surface area contributed by atoms with Crippen molar-refractivity contribution in [1.29, 1.82) is 0 Å². The largest absolute Gasteiger partial charge is 0.300 e. The van der Waals surface area contributed by atoms with Crippen LogP contribution in [0.25, 0.3) is 0 Å². The molecule has 0 aromatic carbocycles. The highest BCUT2D eigenvalue weighted by atomic mass is 15.1. The molecule has 0 bridgehead atoms. The lowest BCUT2D eigenvalue weighted by Gasteiger charge is -2.27. The maximum Gasteiger partial charge on any atom is 0.0302 e. The van der Waals surface area contributed by atoms with Crippen molar-refractivity contribution < 1.29 is 0 Å². The third-order valence-corrected chi connectivity index (χ3v) is 2.44. The van der Waals surface area contributed by atoms with Crippen molar-refractivity contribution in [3.63, 3.8) is 0 Å². The lowest BCUT2D eigenvalue weighted by Crippen LogP contribution is -2.32. The van der Waals surface area contributed by atoms with E-state index in [0.717, 1.165) is 19.4 Å². The summed E-state index contributed by atoms with van der Waals surface area (Å²) >= 11 is 0. The summed E-state index contributed by atoms with van der Waals surface area (Å²) in [6.07, 6.45) is 2.25. The number of nitrogens with zero attached hydrogens (tertiary/aromatic N) is 1. The van der Waals surface area contributed by atoms with Gasteiger partial charge in [0.15, 0.2) is 0 Å². The van der Waals surface area contributed by atoms with Crippen LogP contribution in [0.3, 0.4) is 0 Å². The molecular formula is C12H23N. The van der Waals surface area contributed by atoms with E-state index in [0.29, 0.717) is 6.04 Å². The standard InChI is InChI=1S/C12H23N/c1-7-13(6)12(11(4)5)9-8-10(2)3/h12H,2,4,7-9H2,1,3,5-6H3. The van der Waals surface area contributed by atoms with Gasteiger partial charge in [-0.25, -0.2) is 0 Å². The smallest absolute Gasteiger partial charge is 0.0302 e. The van der Waals surface area contributed by atoms with Gasteiger partial charge in [-0.2, -0.15) is 0 Å². The fourth-order valence-corrected chi connectivity index (χ4v) is 1.45. The summed E-state index contributed by atoms with van der Waals surface area (Å²) < 4.78 is 0. The molecule has 0 aromatic rings. The first-order valence-corrected chi connectivity index (χ1v) is 4.99. The number of allylic oxidation sites excluding steroid dienone is 1. The number of rotatable bonds is 6. The second-order valence-electron chi connectivity index (χ2n) is 3.93. The van der Waals surface area contributed by atoms with E-state index in [-0.39, 0.29) is 0 Å². The third kappa shape index (κ3) is 4.89. The highest BCUT2D eigenvalue weighted by Crippen LogP contribution is 2.15. The topological polar surface area (TPSA) is 3.24 Å². The van der Waals surface area contributed by atoms with Crippen LogP contribution < -0.4 is 0 Å². The van der Waals surface area contributed by atoms with E-state index in [1.54, 1.807) is 0 Å². The molecule has 1 heteroatoms. The van der Waals surface area contributed by atoms with Crippen LogP contribution in [0.2, 0.25) is 0 Å². The van der Waals surface area contributed by atoms with Crippen molar-refractivity contribution >= 4 is 0 Å². The minimum atomic E-state index is 0.515. The summed E-state index contributed by atoms with van der Waals surface area (Å²) in [4.78, 5) is 2.34. The lowest BCUT2D eigenvalue weighted by molar-refractivity contribution is 0.273. The lowest BCUT2D eigenvalue weighted by atomic mass is 10.0. The van der Waals surface area contributed by atoms with Crippen molar-refractivity contribution in [1.82, 2.24) is 4.90 Å². The molecule has 1 atom stereocenters. The quantitative estimate of drug-likeness (QED) is 0.569. The van der Waals surface area contributed by atoms with E-state index in [1.165, 1.54) is 11.1 Å². The van der Waals surface area contributed by atoms with Crippen molar-refractivity contribution in [3.05, 3.63) is 24.3 Å². The molecule has 0 fully saturated rings. The van der Waals surface area contributed by atoms with Gasteiger partial charge in [0.25, 0.3) is 0 Å². The molecule has 0 aliphatic heterocycles. The Hall–Kier alpha value is -0.560. The van der Waals surface area contributed by atoms with Crippen LogP contribution in [0.15, 0.2) is 24.3 Å². The fourth-order valence-electron chi connectivity index (χ4n) is 1.45. The first-order valence-electron chi connectivity index (χ1n) is 4.99. The maximum absolute atomic E-state index is 4.03. The van der Waals surface area contributed by atoms with Gasteiger partial charge in [0.05, 0.1) is 0 Å². The number of hydrogen-bond donors (Lipinski definition) is 0. The van der Waals surface area contributed by atoms with E-state index in [9.17, 15) is 0 Å².